The Labute approximate surface area is 123 Å². The predicted molar refractivity (Wildman–Crippen MR) is 81.9 cm³/mol. The monoisotopic (exact) mass is 291 g/mol. The molecule has 0 aliphatic carbocycles. The van der Waals surface area contributed by atoms with E-state index in [9.17, 15) is 4.39 Å². The SMILES string of the molecule is CNC(CSc1ccccc1F)c1cccc(OC)c1. The predicted octanol–water partition coefficient (Wildman–Crippen LogP) is 3.89. The molecule has 0 aliphatic rings. The summed E-state index contributed by atoms with van der Waals surface area (Å²) in [6, 6.07) is 14.9. The summed E-state index contributed by atoms with van der Waals surface area (Å²) in [5, 5.41) is 3.26. The molecule has 0 spiro atoms. The number of benzene rings is 2. The summed E-state index contributed by atoms with van der Waals surface area (Å²) in [5.74, 6) is 1.42. The Bertz CT molecular complexity index is 562. The highest BCUT2D eigenvalue weighted by atomic mass is 32.2. The van der Waals surface area contributed by atoms with E-state index >= 15 is 0 Å². The number of ether oxygens (including phenoxy) is 1. The van der Waals surface area contributed by atoms with Crippen LogP contribution in [0.5, 0.6) is 5.75 Å². The Morgan fingerprint density at radius 2 is 2.00 bits per heavy atom. The largest absolute Gasteiger partial charge is 0.497 e. The van der Waals surface area contributed by atoms with Crippen LogP contribution in [0.1, 0.15) is 11.6 Å². The number of hydrogen-bond donors (Lipinski definition) is 1. The van der Waals surface area contributed by atoms with E-state index < -0.39 is 0 Å². The maximum atomic E-state index is 13.6. The number of halogens is 1. The van der Waals surface area contributed by atoms with Crippen molar-refractivity contribution in [3.63, 3.8) is 0 Å². The van der Waals surface area contributed by atoms with Gasteiger partial charge >= 0.3 is 0 Å². The molecule has 106 valence electrons. The van der Waals surface area contributed by atoms with Gasteiger partial charge in [0.05, 0.1) is 7.11 Å². The molecule has 2 aromatic carbocycles. The van der Waals surface area contributed by atoms with Crippen molar-refractivity contribution in [2.24, 2.45) is 0 Å². The third-order valence-corrected chi connectivity index (χ3v) is 4.23. The van der Waals surface area contributed by atoms with Crippen LogP contribution in [0.2, 0.25) is 0 Å². The van der Waals surface area contributed by atoms with Gasteiger partial charge in [-0.25, -0.2) is 4.39 Å². The molecule has 0 saturated heterocycles. The number of rotatable bonds is 6. The zero-order valence-corrected chi connectivity index (χ0v) is 12.4. The molecular weight excluding hydrogens is 273 g/mol. The molecule has 0 amide bonds. The van der Waals surface area contributed by atoms with Crippen LogP contribution in [0.4, 0.5) is 4.39 Å². The second-order valence-electron chi connectivity index (χ2n) is 4.36. The van der Waals surface area contributed by atoms with Crippen molar-refractivity contribution in [3.05, 3.63) is 59.9 Å². The smallest absolute Gasteiger partial charge is 0.136 e. The van der Waals surface area contributed by atoms with Crippen molar-refractivity contribution in [1.82, 2.24) is 5.32 Å². The molecule has 1 atom stereocenters. The van der Waals surface area contributed by atoms with Crippen LogP contribution in [-0.2, 0) is 0 Å². The summed E-state index contributed by atoms with van der Waals surface area (Å²) < 4.78 is 18.8. The second kappa shape index (κ2) is 7.31. The lowest BCUT2D eigenvalue weighted by molar-refractivity contribution is 0.413. The van der Waals surface area contributed by atoms with Crippen LogP contribution < -0.4 is 10.1 Å². The van der Waals surface area contributed by atoms with Gasteiger partial charge < -0.3 is 10.1 Å². The fourth-order valence-electron chi connectivity index (χ4n) is 1.94. The summed E-state index contributed by atoms with van der Waals surface area (Å²) in [6.45, 7) is 0. The minimum absolute atomic E-state index is 0.148. The lowest BCUT2D eigenvalue weighted by Gasteiger charge is -2.17. The Morgan fingerprint density at radius 3 is 2.70 bits per heavy atom. The molecule has 0 bridgehead atoms. The molecule has 0 heterocycles. The van der Waals surface area contributed by atoms with E-state index in [1.54, 1.807) is 19.2 Å². The summed E-state index contributed by atoms with van der Waals surface area (Å²) in [7, 11) is 3.56. The average molecular weight is 291 g/mol. The van der Waals surface area contributed by atoms with Gasteiger partial charge in [-0.2, -0.15) is 0 Å². The summed E-state index contributed by atoms with van der Waals surface area (Å²) in [6.07, 6.45) is 0. The first-order valence-electron chi connectivity index (χ1n) is 6.43. The second-order valence-corrected chi connectivity index (χ2v) is 5.42. The maximum Gasteiger partial charge on any atom is 0.136 e. The van der Waals surface area contributed by atoms with Crippen LogP contribution in [-0.4, -0.2) is 19.9 Å². The first kappa shape index (κ1) is 14.9. The molecule has 4 heteroatoms. The number of hydrogen-bond acceptors (Lipinski definition) is 3. The Morgan fingerprint density at radius 1 is 1.20 bits per heavy atom. The molecule has 2 rings (SSSR count). The normalized spacial score (nSPS) is 12.2. The van der Waals surface area contributed by atoms with Gasteiger partial charge in [-0.05, 0) is 36.9 Å². The zero-order chi connectivity index (χ0) is 14.4. The Balaban J connectivity index is 2.07. The molecule has 0 aromatic heterocycles. The van der Waals surface area contributed by atoms with E-state index in [2.05, 4.69) is 5.32 Å². The summed E-state index contributed by atoms with van der Waals surface area (Å²) >= 11 is 1.51. The highest BCUT2D eigenvalue weighted by Gasteiger charge is 2.12. The molecule has 0 saturated carbocycles. The van der Waals surface area contributed by atoms with Crippen molar-refractivity contribution in [3.8, 4) is 5.75 Å². The van der Waals surface area contributed by atoms with Gasteiger partial charge in [-0.15, -0.1) is 11.8 Å². The first-order chi connectivity index (χ1) is 9.74. The molecule has 20 heavy (non-hydrogen) atoms. The summed E-state index contributed by atoms with van der Waals surface area (Å²) in [4.78, 5) is 0.677. The molecule has 1 N–H and O–H groups in total. The van der Waals surface area contributed by atoms with Crippen molar-refractivity contribution in [1.29, 1.82) is 0 Å². The lowest BCUT2D eigenvalue weighted by atomic mass is 10.1. The molecule has 0 radical (unpaired) electrons. The highest BCUT2D eigenvalue weighted by molar-refractivity contribution is 7.99. The van der Waals surface area contributed by atoms with Crippen LogP contribution in [0.3, 0.4) is 0 Å². The van der Waals surface area contributed by atoms with Crippen molar-refractivity contribution >= 4 is 11.8 Å². The van der Waals surface area contributed by atoms with Crippen LogP contribution in [0.25, 0.3) is 0 Å². The van der Waals surface area contributed by atoms with Gasteiger partial charge in [-0.3, -0.25) is 0 Å². The molecule has 2 aromatic rings. The van der Waals surface area contributed by atoms with E-state index in [4.69, 9.17) is 4.74 Å². The van der Waals surface area contributed by atoms with Gasteiger partial charge in [0.1, 0.15) is 11.6 Å². The van der Waals surface area contributed by atoms with Gasteiger partial charge in [0.25, 0.3) is 0 Å². The fourth-order valence-corrected chi connectivity index (χ4v) is 3.03. The number of nitrogens with one attached hydrogen (secondary N) is 1. The maximum absolute atomic E-state index is 13.6. The molecule has 0 aliphatic heterocycles. The van der Waals surface area contributed by atoms with Gasteiger partial charge in [0.2, 0.25) is 0 Å². The first-order valence-corrected chi connectivity index (χ1v) is 7.41. The topological polar surface area (TPSA) is 21.3 Å². The van der Waals surface area contributed by atoms with E-state index in [1.807, 2.05) is 37.4 Å². The van der Waals surface area contributed by atoms with Gasteiger partial charge in [0.15, 0.2) is 0 Å². The van der Waals surface area contributed by atoms with Crippen molar-refractivity contribution in [2.45, 2.75) is 10.9 Å². The minimum atomic E-state index is -0.169. The van der Waals surface area contributed by atoms with Crippen LogP contribution >= 0.6 is 11.8 Å². The van der Waals surface area contributed by atoms with E-state index in [1.165, 1.54) is 17.8 Å². The van der Waals surface area contributed by atoms with Crippen LogP contribution in [0.15, 0.2) is 53.4 Å². The highest BCUT2D eigenvalue weighted by Crippen LogP contribution is 2.27. The Hall–Kier alpha value is -1.52. The minimum Gasteiger partial charge on any atom is -0.497 e. The molecule has 2 nitrogen and oxygen atoms in total. The zero-order valence-electron chi connectivity index (χ0n) is 11.6. The lowest BCUT2D eigenvalue weighted by Crippen LogP contribution is -2.18. The number of methoxy groups -OCH3 is 1. The standard InChI is InChI=1S/C16H18FNOS/c1-18-15(12-6-5-7-13(10-12)19-2)11-20-16-9-4-3-8-14(16)17/h3-10,15,18H,11H2,1-2H3. The molecular formula is C16H18FNOS. The third-order valence-electron chi connectivity index (χ3n) is 3.09. The quantitative estimate of drug-likeness (QED) is 0.816. The van der Waals surface area contributed by atoms with Crippen molar-refractivity contribution in [2.75, 3.05) is 19.9 Å². The third kappa shape index (κ3) is 3.74. The van der Waals surface area contributed by atoms with Gasteiger partial charge in [0, 0.05) is 16.7 Å². The fraction of sp³-hybridized carbons (Fsp3) is 0.250. The van der Waals surface area contributed by atoms with E-state index in [0.29, 0.717) is 4.90 Å². The summed E-state index contributed by atoms with van der Waals surface area (Å²) in [5.41, 5.74) is 1.13. The molecule has 0 fully saturated rings. The van der Waals surface area contributed by atoms with Crippen molar-refractivity contribution < 1.29 is 9.13 Å². The average Bonchev–Trinajstić information content (AvgIpc) is 2.50. The molecule has 1 unspecified atom stereocenters. The van der Waals surface area contributed by atoms with E-state index in [-0.39, 0.29) is 11.9 Å². The van der Waals surface area contributed by atoms with Gasteiger partial charge in [-0.1, -0.05) is 24.3 Å². The number of thioether (sulfide) groups is 1. The van der Waals surface area contributed by atoms with Crippen LogP contribution in [0, 0.1) is 5.82 Å². The van der Waals surface area contributed by atoms with E-state index in [0.717, 1.165) is 17.1 Å². The Kier molecular flexibility index (Phi) is 5.44.